The predicted molar refractivity (Wildman–Crippen MR) is 84.7 cm³/mol. The number of carbonyl (C=O) groups is 1. The molecular formula is C16H17BrN2O. The normalized spacial score (nSPS) is 10.3. The van der Waals surface area contributed by atoms with Crippen LogP contribution in [0, 0.1) is 6.92 Å². The molecule has 0 atom stereocenters. The molecule has 0 saturated carbocycles. The molecule has 1 heterocycles. The van der Waals surface area contributed by atoms with Gasteiger partial charge in [-0.2, -0.15) is 0 Å². The molecule has 104 valence electrons. The summed E-state index contributed by atoms with van der Waals surface area (Å²) < 4.78 is 0.905. The number of amides is 1. The highest BCUT2D eigenvalue weighted by Crippen LogP contribution is 2.14. The van der Waals surface area contributed by atoms with E-state index in [1.807, 2.05) is 18.2 Å². The van der Waals surface area contributed by atoms with Crippen molar-refractivity contribution in [2.75, 3.05) is 5.32 Å². The van der Waals surface area contributed by atoms with Crippen molar-refractivity contribution in [3.8, 4) is 0 Å². The van der Waals surface area contributed by atoms with E-state index in [9.17, 15) is 4.79 Å². The minimum Gasteiger partial charge on any atom is -0.311 e. The number of carbonyl (C=O) groups excluding carboxylic acids is 1. The van der Waals surface area contributed by atoms with E-state index in [0.29, 0.717) is 12.2 Å². The van der Waals surface area contributed by atoms with Gasteiger partial charge in [-0.25, -0.2) is 4.98 Å². The molecule has 0 fully saturated rings. The smallest absolute Gasteiger partial charge is 0.225 e. The van der Waals surface area contributed by atoms with E-state index in [-0.39, 0.29) is 5.91 Å². The molecule has 3 nitrogen and oxygen atoms in total. The molecule has 0 unspecified atom stereocenters. The summed E-state index contributed by atoms with van der Waals surface area (Å²) >= 11 is 3.35. The second-order valence-corrected chi connectivity index (χ2v) is 5.60. The predicted octanol–water partition coefficient (Wildman–Crippen LogP) is 4.11. The van der Waals surface area contributed by atoms with Crippen molar-refractivity contribution in [2.45, 2.75) is 26.2 Å². The minimum atomic E-state index is 0.00387. The van der Waals surface area contributed by atoms with Crippen molar-refractivity contribution in [3.63, 3.8) is 0 Å². The SMILES string of the molecule is Cc1ccccc1CCCC(=O)Nc1cc(Br)ccn1. The Hall–Kier alpha value is -1.68. The highest BCUT2D eigenvalue weighted by Gasteiger charge is 2.04. The lowest BCUT2D eigenvalue weighted by molar-refractivity contribution is -0.116. The molecule has 1 amide bonds. The van der Waals surface area contributed by atoms with E-state index in [2.05, 4.69) is 45.3 Å². The monoisotopic (exact) mass is 332 g/mol. The molecule has 0 spiro atoms. The van der Waals surface area contributed by atoms with Crippen molar-refractivity contribution in [1.82, 2.24) is 4.98 Å². The Kier molecular flexibility index (Phi) is 5.30. The van der Waals surface area contributed by atoms with E-state index in [1.54, 1.807) is 12.3 Å². The topological polar surface area (TPSA) is 42.0 Å². The Labute approximate surface area is 127 Å². The number of nitrogens with zero attached hydrogens (tertiary/aromatic N) is 1. The first kappa shape index (κ1) is 14.7. The van der Waals surface area contributed by atoms with Gasteiger partial charge in [0.15, 0.2) is 0 Å². The quantitative estimate of drug-likeness (QED) is 0.894. The largest absolute Gasteiger partial charge is 0.311 e. The number of hydrogen-bond acceptors (Lipinski definition) is 2. The first-order valence-electron chi connectivity index (χ1n) is 6.61. The number of hydrogen-bond donors (Lipinski definition) is 1. The fraction of sp³-hybridized carbons (Fsp3) is 0.250. The molecule has 1 aromatic carbocycles. The number of anilines is 1. The molecule has 0 radical (unpaired) electrons. The van der Waals surface area contributed by atoms with E-state index in [1.165, 1.54) is 11.1 Å². The Morgan fingerprint density at radius 3 is 2.85 bits per heavy atom. The molecule has 0 aliphatic rings. The van der Waals surface area contributed by atoms with Gasteiger partial charge in [0, 0.05) is 17.1 Å². The lowest BCUT2D eigenvalue weighted by Gasteiger charge is -2.06. The average Bonchev–Trinajstić information content (AvgIpc) is 2.41. The maximum atomic E-state index is 11.8. The van der Waals surface area contributed by atoms with Gasteiger partial charge in [-0.05, 0) is 43.0 Å². The molecule has 0 bridgehead atoms. The molecule has 0 saturated heterocycles. The lowest BCUT2D eigenvalue weighted by Crippen LogP contribution is -2.12. The van der Waals surface area contributed by atoms with Gasteiger partial charge >= 0.3 is 0 Å². The Morgan fingerprint density at radius 1 is 1.30 bits per heavy atom. The molecule has 4 heteroatoms. The van der Waals surface area contributed by atoms with Gasteiger partial charge in [0.25, 0.3) is 0 Å². The minimum absolute atomic E-state index is 0.00387. The van der Waals surface area contributed by atoms with Crippen LogP contribution in [0.1, 0.15) is 24.0 Å². The van der Waals surface area contributed by atoms with Crippen LogP contribution in [0.15, 0.2) is 47.1 Å². The van der Waals surface area contributed by atoms with Gasteiger partial charge in [-0.15, -0.1) is 0 Å². The van der Waals surface area contributed by atoms with Gasteiger partial charge in [0.2, 0.25) is 5.91 Å². The molecular weight excluding hydrogens is 316 g/mol. The number of nitrogens with one attached hydrogen (secondary N) is 1. The van der Waals surface area contributed by atoms with Gasteiger partial charge in [-0.3, -0.25) is 4.79 Å². The van der Waals surface area contributed by atoms with E-state index < -0.39 is 0 Å². The van der Waals surface area contributed by atoms with Crippen LogP contribution in [0.3, 0.4) is 0 Å². The number of rotatable bonds is 5. The molecule has 1 aromatic heterocycles. The van der Waals surface area contributed by atoms with Crippen LogP contribution >= 0.6 is 15.9 Å². The second-order valence-electron chi connectivity index (χ2n) is 4.69. The Morgan fingerprint density at radius 2 is 2.10 bits per heavy atom. The Bertz CT molecular complexity index is 599. The summed E-state index contributed by atoms with van der Waals surface area (Å²) in [5.41, 5.74) is 2.59. The van der Waals surface area contributed by atoms with Crippen molar-refractivity contribution in [2.24, 2.45) is 0 Å². The first-order valence-corrected chi connectivity index (χ1v) is 7.40. The van der Waals surface area contributed by atoms with Crippen molar-refractivity contribution < 1.29 is 4.79 Å². The number of aromatic nitrogens is 1. The maximum Gasteiger partial charge on any atom is 0.225 e. The summed E-state index contributed by atoms with van der Waals surface area (Å²) in [6, 6.07) is 11.9. The summed E-state index contributed by atoms with van der Waals surface area (Å²) in [5, 5.41) is 2.80. The fourth-order valence-corrected chi connectivity index (χ4v) is 2.34. The van der Waals surface area contributed by atoms with Gasteiger partial charge in [-0.1, -0.05) is 40.2 Å². The first-order chi connectivity index (χ1) is 9.65. The fourth-order valence-electron chi connectivity index (χ4n) is 2.01. The van der Waals surface area contributed by atoms with Crippen LogP contribution < -0.4 is 5.32 Å². The zero-order chi connectivity index (χ0) is 14.4. The van der Waals surface area contributed by atoms with E-state index >= 15 is 0 Å². The summed E-state index contributed by atoms with van der Waals surface area (Å²) in [5.74, 6) is 0.587. The highest BCUT2D eigenvalue weighted by molar-refractivity contribution is 9.10. The molecule has 2 rings (SSSR count). The number of aryl methyl sites for hydroxylation is 2. The summed E-state index contributed by atoms with van der Waals surface area (Å²) in [4.78, 5) is 15.9. The van der Waals surface area contributed by atoms with Crippen LogP contribution in [-0.4, -0.2) is 10.9 Å². The van der Waals surface area contributed by atoms with Crippen molar-refractivity contribution >= 4 is 27.7 Å². The second kappa shape index (κ2) is 7.20. The standard InChI is InChI=1S/C16H17BrN2O/c1-12-5-2-3-6-13(12)7-4-8-16(20)19-15-11-14(17)9-10-18-15/h2-3,5-6,9-11H,4,7-8H2,1H3,(H,18,19,20). The average molecular weight is 333 g/mol. The molecule has 20 heavy (non-hydrogen) atoms. The summed E-state index contributed by atoms with van der Waals surface area (Å²) in [7, 11) is 0. The maximum absolute atomic E-state index is 11.8. The van der Waals surface area contributed by atoms with E-state index in [0.717, 1.165) is 17.3 Å². The molecule has 0 aliphatic heterocycles. The van der Waals surface area contributed by atoms with Crippen LogP contribution in [-0.2, 0) is 11.2 Å². The summed E-state index contributed by atoms with van der Waals surface area (Å²) in [6.07, 6.45) is 3.92. The number of benzene rings is 1. The number of halogens is 1. The van der Waals surface area contributed by atoms with Crippen LogP contribution in [0.25, 0.3) is 0 Å². The number of pyridine rings is 1. The van der Waals surface area contributed by atoms with E-state index in [4.69, 9.17) is 0 Å². The third kappa shape index (κ3) is 4.46. The van der Waals surface area contributed by atoms with Crippen LogP contribution in [0.5, 0.6) is 0 Å². The van der Waals surface area contributed by atoms with Crippen LogP contribution in [0.4, 0.5) is 5.82 Å². The van der Waals surface area contributed by atoms with Crippen molar-refractivity contribution in [1.29, 1.82) is 0 Å². The lowest BCUT2D eigenvalue weighted by atomic mass is 10.0. The third-order valence-corrected chi connectivity index (χ3v) is 3.59. The highest BCUT2D eigenvalue weighted by atomic mass is 79.9. The van der Waals surface area contributed by atoms with Gasteiger partial charge in [0.05, 0.1) is 0 Å². The van der Waals surface area contributed by atoms with Gasteiger partial charge in [0.1, 0.15) is 5.82 Å². The third-order valence-electron chi connectivity index (χ3n) is 3.10. The zero-order valence-corrected chi connectivity index (χ0v) is 13.0. The van der Waals surface area contributed by atoms with Crippen LogP contribution in [0.2, 0.25) is 0 Å². The Balaban J connectivity index is 1.80. The molecule has 1 N–H and O–H groups in total. The van der Waals surface area contributed by atoms with Crippen molar-refractivity contribution in [3.05, 3.63) is 58.2 Å². The zero-order valence-electron chi connectivity index (χ0n) is 11.4. The van der Waals surface area contributed by atoms with Gasteiger partial charge < -0.3 is 5.32 Å². The summed E-state index contributed by atoms with van der Waals surface area (Å²) in [6.45, 7) is 2.10. The molecule has 0 aliphatic carbocycles. The molecule has 2 aromatic rings.